The molecule has 2 heterocycles. The normalized spacial score (nSPS) is 19.0. The molecule has 1 fully saturated rings. The van der Waals surface area contributed by atoms with E-state index in [1.807, 2.05) is 51.9 Å². The molecule has 0 unspecified atom stereocenters. The number of hydrogen-bond acceptors (Lipinski definition) is 3. The summed E-state index contributed by atoms with van der Waals surface area (Å²) in [5.41, 5.74) is 2.98. The Balaban J connectivity index is 1.35. The lowest BCUT2D eigenvalue weighted by Gasteiger charge is -2.30. The van der Waals surface area contributed by atoms with Gasteiger partial charge in [-0.25, -0.2) is 4.98 Å². The Bertz CT molecular complexity index is 1090. The maximum atomic E-state index is 13.5. The lowest BCUT2D eigenvalue weighted by molar-refractivity contribution is -0.127. The van der Waals surface area contributed by atoms with Gasteiger partial charge in [0.15, 0.2) is 0 Å². The van der Waals surface area contributed by atoms with Crippen LogP contribution in [0.4, 0.5) is 5.95 Å². The van der Waals surface area contributed by atoms with Crippen LogP contribution in [0.1, 0.15) is 50.1 Å². The number of carbonyl (C=O) groups is 2. The largest absolute Gasteiger partial charge is 0.356 e. The molecule has 6 nitrogen and oxygen atoms in total. The molecule has 31 heavy (non-hydrogen) atoms. The number of fused-ring (bicyclic) bond motifs is 3. The minimum atomic E-state index is -0.527. The van der Waals surface area contributed by atoms with Gasteiger partial charge in [0, 0.05) is 12.6 Å². The predicted molar refractivity (Wildman–Crippen MR) is 121 cm³/mol. The Morgan fingerprint density at radius 1 is 1.00 bits per heavy atom. The van der Waals surface area contributed by atoms with Crippen molar-refractivity contribution in [1.82, 2.24) is 14.9 Å². The van der Waals surface area contributed by atoms with Crippen molar-refractivity contribution >= 4 is 28.8 Å². The van der Waals surface area contributed by atoms with E-state index in [9.17, 15) is 9.59 Å². The number of amides is 2. The average Bonchev–Trinajstić information content (AvgIpc) is 3.29. The van der Waals surface area contributed by atoms with Gasteiger partial charge < -0.3 is 5.32 Å². The fourth-order valence-electron chi connectivity index (χ4n) is 4.98. The molecule has 0 spiro atoms. The average molecular weight is 417 g/mol. The smallest absolute Gasteiger partial charge is 0.253 e. The van der Waals surface area contributed by atoms with Crippen molar-refractivity contribution in [2.45, 2.75) is 57.0 Å². The zero-order valence-electron chi connectivity index (χ0n) is 17.7. The van der Waals surface area contributed by atoms with Gasteiger partial charge in [-0.3, -0.25) is 19.1 Å². The molecule has 0 saturated heterocycles. The Kier molecular flexibility index (Phi) is 5.45. The second kappa shape index (κ2) is 8.53. The molecular weight excluding hydrogens is 388 g/mol. The Labute approximate surface area is 182 Å². The second-order valence-electron chi connectivity index (χ2n) is 8.58. The third-order valence-electron chi connectivity index (χ3n) is 6.52. The summed E-state index contributed by atoms with van der Waals surface area (Å²) in [7, 11) is 0. The minimum absolute atomic E-state index is 0.0124. The van der Waals surface area contributed by atoms with Crippen molar-refractivity contribution in [3.63, 3.8) is 0 Å². The van der Waals surface area contributed by atoms with Crippen LogP contribution in [0.2, 0.25) is 0 Å². The topological polar surface area (TPSA) is 67.2 Å². The lowest BCUT2D eigenvalue weighted by Crippen LogP contribution is -2.41. The van der Waals surface area contributed by atoms with Crippen LogP contribution in [0.5, 0.6) is 0 Å². The number of nitrogens with one attached hydrogen (secondary N) is 1. The zero-order chi connectivity index (χ0) is 21.2. The van der Waals surface area contributed by atoms with Crippen molar-refractivity contribution in [2.24, 2.45) is 0 Å². The summed E-state index contributed by atoms with van der Waals surface area (Å²) in [4.78, 5) is 32.9. The summed E-state index contributed by atoms with van der Waals surface area (Å²) in [6, 6.07) is 17.6. The third-order valence-corrected chi connectivity index (χ3v) is 6.52. The number of rotatable bonds is 6. The number of hydrogen-bond donors (Lipinski definition) is 1. The molecule has 2 aromatic carbocycles. The molecule has 6 heteroatoms. The summed E-state index contributed by atoms with van der Waals surface area (Å²) < 4.78 is 1.99. The standard InChI is InChI=1S/C25H28N4O2/c30-23(26-16-15-18-9-3-1-4-10-18)17-22-24(31)28(19-11-5-2-6-12-19)25-27-20-13-7-8-14-21(20)29(22)25/h1,3-4,7-10,13-14,19,22H,2,5-6,11-12,15-17H2,(H,26,30)/t22-/m0/s1. The summed E-state index contributed by atoms with van der Waals surface area (Å²) in [6.07, 6.45) is 6.43. The van der Waals surface area contributed by atoms with Crippen LogP contribution in [-0.2, 0) is 16.0 Å². The van der Waals surface area contributed by atoms with Gasteiger partial charge in [0.2, 0.25) is 11.9 Å². The van der Waals surface area contributed by atoms with Gasteiger partial charge >= 0.3 is 0 Å². The zero-order valence-corrected chi connectivity index (χ0v) is 17.7. The second-order valence-corrected chi connectivity index (χ2v) is 8.58. The summed E-state index contributed by atoms with van der Waals surface area (Å²) >= 11 is 0. The molecule has 5 rings (SSSR count). The molecule has 2 aliphatic rings. The highest BCUT2D eigenvalue weighted by Crippen LogP contribution is 2.40. The lowest BCUT2D eigenvalue weighted by atomic mass is 9.94. The summed E-state index contributed by atoms with van der Waals surface area (Å²) in [6.45, 7) is 0.563. The van der Waals surface area contributed by atoms with Crippen LogP contribution < -0.4 is 10.2 Å². The van der Waals surface area contributed by atoms with E-state index in [-0.39, 0.29) is 24.3 Å². The summed E-state index contributed by atoms with van der Waals surface area (Å²) in [5.74, 6) is 0.627. The van der Waals surface area contributed by atoms with Crippen LogP contribution in [0.25, 0.3) is 11.0 Å². The highest BCUT2D eigenvalue weighted by Gasteiger charge is 2.44. The fraction of sp³-hybridized carbons (Fsp3) is 0.400. The van der Waals surface area contributed by atoms with Gasteiger partial charge in [-0.15, -0.1) is 0 Å². The van der Waals surface area contributed by atoms with Gasteiger partial charge in [0.1, 0.15) is 6.04 Å². The van der Waals surface area contributed by atoms with Crippen LogP contribution >= 0.6 is 0 Å². The van der Waals surface area contributed by atoms with E-state index in [1.54, 1.807) is 0 Å². The molecule has 1 N–H and O–H groups in total. The van der Waals surface area contributed by atoms with E-state index in [0.29, 0.717) is 12.5 Å². The molecule has 1 aliphatic carbocycles. The van der Waals surface area contributed by atoms with E-state index >= 15 is 0 Å². The van der Waals surface area contributed by atoms with Gasteiger partial charge in [0.25, 0.3) is 5.91 Å². The van der Waals surface area contributed by atoms with Crippen molar-refractivity contribution in [3.8, 4) is 0 Å². The first kappa shape index (κ1) is 19.8. The van der Waals surface area contributed by atoms with E-state index in [4.69, 9.17) is 4.98 Å². The Morgan fingerprint density at radius 2 is 1.74 bits per heavy atom. The predicted octanol–water partition coefficient (Wildman–Crippen LogP) is 4.01. The van der Waals surface area contributed by atoms with Crippen LogP contribution in [0, 0.1) is 0 Å². The van der Waals surface area contributed by atoms with Crippen molar-refractivity contribution in [3.05, 3.63) is 60.2 Å². The highest BCUT2D eigenvalue weighted by molar-refractivity contribution is 6.04. The highest BCUT2D eigenvalue weighted by atomic mass is 16.2. The van der Waals surface area contributed by atoms with E-state index in [0.717, 1.165) is 43.1 Å². The first-order valence-corrected chi connectivity index (χ1v) is 11.3. The summed E-state index contributed by atoms with van der Waals surface area (Å²) in [5, 5.41) is 3.00. The molecule has 160 valence electrons. The number of nitrogens with zero attached hydrogens (tertiary/aromatic N) is 3. The maximum absolute atomic E-state index is 13.5. The minimum Gasteiger partial charge on any atom is -0.356 e. The van der Waals surface area contributed by atoms with Gasteiger partial charge in [-0.05, 0) is 37.0 Å². The van der Waals surface area contributed by atoms with Crippen molar-refractivity contribution < 1.29 is 9.59 Å². The number of benzene rings is 2. The number of carbonyl (C=O) groups excluding carboxylic acids is 2. The number of para-hydroxylation sites is 2. The molecule has 2 amide bonds. The molecular formula is C25H28N4O2. The molecule has 1 saturated carbocycles. The first-order chi connectivity index (χ1) is 15.2. The van der Waals surface area contributed by atoms with E-state index in [1.165, 1.54) is 12.0 Å². The Morgan fingerprint density at radius 3 is 2.55 bits per heavy atom. The number of aromatic nitrogens is 2. The monoisotopic (exact) mass is 416 g/mol. The van der Waals surface area contributed by atoms with Gasteiger partial charge in [0.05, 0.1) is 17.5 Å². The Hall–Kier alpha value is -3.15. The number of imidazole rings is 1. The van der Waals surface area contributed by atoms with E-state index < -0.39 is 6.04 Å². The molecule has 0 radical (unpaired) electrons. The molecule has 1 atom stereocenters. The number of anilines is 1. The van der Waals surface area contributed by atoms with Crippen LogP contribution in [-0.4, -0.2) is 34.0 Å². The fourth-order valence-corrected chi connectivity index (χ4v) is 4.98. The maximum Gasteiger partial charge on any atom is 0.253 e. The molecule has 3 aromatic rings. The SMILES string of the molecule is O=C(C[C@H]1C(=O)N(C2CCCCC2)c2nc3ccccc3n21)NCCc1ccccc1. The third kappa shape index (κ3) is 3.82. The van der Waals surface area contributed by atoms with Crippen molar-refractivity contribution in [2.75, 3.05) is 11.4 Å². The quantitative estimate of drug-likeness (QED) is 0.660. The molecule has 1 aliphatic heterocycles. The van der Waals surface area contributed by atoms with Gasteiger partial charge in [-0.2, -0.15) is 0 Å². The molecule has 0 bridgehead atoms. The van der Waals surface area contributed by atoms with Crippen LogP contribution in [0.15, 0.2) is 54.6 Å². The van der Waals surface area contributed by atoms with E-state index in [2.05, 4.69) is 17.4 Å². The molecule has 1 aromatic heterocycles. The van der Waals surface area contributed by atoms with Crippen molar-refractivity contribution in [1.29, 1.82) is 0 Å². The van der Waals surface area contributed by atoms with Gasteiger partial charge in [-0.1, -0.05) is 61.7 Å². The first-order valence-electron chi connectivity index (χ1n) is 11.3. The van der Waals surface area contributed by atoms with Crippen LogP contribution in [0.3, 0.4) is 0 Å².